The number of fused-ring (bicyclic) bond motifs is 1. The number of aromatic nitrogens is 1. The van der Waals surface area contributed by atoms with E-state index in [1.54, 1.807) is 12.1 Å². The molecule has 0 fully saturated rings. The zero-order chi connectivity index (χ0) is 17.5. The van der Waals surface area contributed by atoms with Gasteiger partial charge in [-0.2, -0.15) is 8.42 Å². The summed E-state index contributed by atoms with van der Waals surface area (Å²) >= 11 is 1.39. The predicted octanol–water partition coefficient (Wildman–Crippen LogP) is 3.15. The van der Waals surface area contributed by atoms with Crippen LogP contribution in [0, 0.1) is 13.8 Å². The molecule has 2 aromatic carbocycles. The largest absolute Gasteiger partial charge is 0.497 e. The van der Waals surface area contributed by atoms with Crippen molar-refractivity contribution in [1.82, 2.24) is 4.57 Å². The maximum atomic E-state index is 12.6. The fraction of sp³-hybridized carbons (Fsp3) is 0.235. The zero-order valence-corrected chi connectivity index (χ0v) is 15.5. The molecule has 0 saturated carbocycles. The first-order chi connectivity index (χ1) is 11.3. The minimum atomic E-state index is -3.78. The number of nitrogens with zero attached hydrogens (tertiary/aromatic N) is 2. The molecule has 0 saturated heterocycles. The number of methoxy groups -OCH3 is 1. The molecule has 3 aromatic rings. The predicted molar refractivity (Wildman–Crippen MR) is 96.0 cm³/mol. The number of hydrogen-bond acceptors (Lipinski definition) is 4. The molecule has 0 N–H and O–H groups in total. The van der Waals surface area contributed by atoms with E-state index in [0.717, 1.165) is 21.3 Å². The minimum absolute atomic E-state index is 0.147. The summed E-state index contributed by atoms with van der Waals surface area (Å²) in [5.74, 6) is 0.604. The minimum Gasteiger partial charge on any atom is -0.497 e. The average molecular weight is 362 g/mol. The van der Waals surface area contributed by atoms with E-state index < -0.39 is 10.0 Å². The number of sulfonamides is 1. The molecule has 0 aliphatic heterocycles. The first kappa shape index (κ1) is 16.7. The molecular weight excluding hydrogens is 344 g/mol. The summed E-state index contributed by atoms with van der Waals surface area (Å²) in [5.41, 5.74) is 3.22. The average Bonchev–Trinajstić information content (AvgIpc) is 2.88. The first-order valence-corrected chi connectivity index (χ1v) is 9.60. The van der Waals surface area contributed by atoms with Crippen LogP contribution in [-0.4, -0.2) is 20.1 Å². The molecule has 0 unspecified atom stereocenters. The van der Waals surface area contributed by atoms with Crippen LogP contribution in [0.3, 0.4) is 0 Å². The van der Waals surface area contributed by atoms with E-state index in [9.17, 15) is 8.42 Å². The van der Waals surface area contributed by atoms with E-state index >= 15 is 0 Å². The highest BCUT2D eigenvalue weighted by molar-refractivity contribution is 7.90. The lowest BCUT2D eigenvalue weighted by atomic mass is 10.1. The normalized spacial score (nSPS) is 12.8. The number of benzene rings is 2. The number of rotatable bonds is 3. The molecule has 0 spiro atoms. The van der Waals surface area contributed by atoms with Crippen LogP contribution in [0.25, 0.3) is 10.2 Å². The molecule has 24 heavy (non-hydrogen) atoms. The van der Waals surface area contributed by atoms with Gasteiger partial charge in [0.15, 0.2) is 0 Å². The molecule has 3 rings (SSSR count). The van der Waals surface area contributed by atoms with E-state index in [4.69, 9.17) is 4.74 Å². The van der Waals surface area contributed by atoms with Gasteiger partial charge in [0.25, 0.3) is 10.0 Å². The molecular formula is C17H18N2O3S2. The van der Waals surface area contributed by atoms with Gasteiger partial charge in [-0.25, -0.2) is 0 Å². The highest BCUT2D eigenvalue weighted by atomic mass is 32.2. The second-order valence-electron chi connectivity index (χ2n) is 5.56. The van der Waals surface area contributed by atoms with Crippen molar-refractivity contribution < 1.29 is 13.2 Å². The van der Waals surface area contributed by atoms with Gasteiger partial charge in [0, 0.05) is 7.05 Å². The van der Waals surface area contributed by atoms with Crippen LogP contribution in [0.5, 0.6) is 5.75 Å². The molecule has 1 aromatic heterocycles. The highest BCUT2D eigenvalue weighted by Crippen LogP contribution is 2.24. The van der Waals surface area contributed by atoms with E-state index in [2.05, 4.69) is 4.40 Å². The van der Waals surface area contributed by atoms with Gasteiger partial charge in [0.2, 0.25) is 4.80 Å². The van der Waals surface area contributed by atoms with Crippen molar-refractivity contribution in [3.8, 4) is 5.75 Å². The number of ether oxygens (including phenoxy) is 1. The van der Waals surface area contributed by atoms with Crippen LogP contribution < -0.4 is 9.54 Å². The van der Waals surface area contributed by atoms with Gasteiger partial charge >= 0.3 is 0 Å². The SMILES string of the molecule is COc1ccc(S(=O)(=O)/N=c2\sc3c(C)ccc(C)c3n2C)cc1. The van der Waals surface area contributed by atoms with Gasteiger partial charge in [-0.1, -0.05) is 23.5 Å². The second-order valence-corrected chi connectivity index (χ2v) is 8.14. The topological polar surface area (TPSA) is 60.7 Å². The van der Waals surface area contributed by atoms with Crippen molar-refractivity contribution in [2.24, 2.45) is 11.4 Å². The van der Waals surface area contributed by atoms with Crippen LogP contribution in [0.2, 0.25) is 0 Å². The summed E-state index contributed by atoms with van der Waals surface area (Å²) in [6.07, 6.45) is 0. The van der Waals surface area contributed by atoms with E-state index in [1.807, 2.05) is 37.6 Å². The third-order valence-corrected chi connectivity index (χ3v) is 6.57. The Kier molecular flexibility index (Phi) is 4.23. The maximum Gasteiger partial charge on any atom is 0.285 e. The van der Waals surface area contributed by atoms with Gasteiger partial charge in [-0.3, -0.25) is 0 Å². The lowest BCUT2D eigenvalue weighted by molar-refractivity contribution is 0.414. The quantitative estimate of drug-likeness (QED) is 0.719. The molecule has 0 aliphatic rings. The molecule has 0 bridgehead atoms. The number of aryl methyl sites for hydroxylation is 3. The monoisotopic (exact) mass is 362 g/mol. The molecule has 0 aliphatic carbocycles. The Morgan fingerprint density at radius 3 is 2.25 bits per heavy atom. The zero-order valence-electron chi connectivity index (χ0n) is 13.9. The van der Waals surface area contributed by atoms with Crippen LogP contribution in [0.4, 0.5) is 0 Å². The molecule has 0 atom stereocenters. The molecule has 0 radical (unpaired) electrons. The highest BCUT2D eigenvalue weighted by Gasteiger charge is 2.15. The van der Waals surface area contributed by atoms with Crippen LogP contribution in [0.1, 0.15) is 11.1 Å². The molecule has 0 amide bonds. The Balaban J connectivity index is 2.20. The lowest BCUT2D eigenvalue weighted by Gasteiger charge is -2.02. The summed E-state index contributed by atoms with van der Waals surface area (Å²) in [7, 11) is -0.397. The molecule has 7 heteroatoms. The van der Waals surface area contributed by atoms with Crippen molar-refractivity contribution in [3.05, 3.63) is 52.3 Å². The summed E-state index contributed by atoms with van der Waals surface area (Å²) in [5, 5.41) is 0. The lowest BCUT2D eigenvalue weighted by Crippen LogP contribution is -2.14. The Hall–Kier alpha value is -2.12. The van der Waals surface area contributed by atoms with Crippen molar-refractivity contribution in [2.45, 2.75) is 18.7 Å². The summed E-state index contributed by atoms with van der Waals surface area (Å²) < 4.78 is 37.2. The van der Waals surface area contributed by atoms with Crippen LogP contribution in [0.15, 0.2) is 45.7 Å². The van der Waals surface area contributed by atoms with Crippen molar-refractivity contribution in [2.75, 3.05) is 7.11 Å². The summed E-state index contributed by atoms with van der Waals surface area (Å²) in [6, 6.07) is 10.3. The Morgan fingerprint density at radius 1 is 1.04 bits per heavy atom. The Morgan fingerprint density at radius 2 is 1.67 bits per heavy atom. The first-order valence-electron chi connectivity index (χ1n) is 7.34. The van der Waals surface area contributed by atoms with Crippen molar-refractivity contribution in [1.29, 1.82) is 0 Å². The van der Waals surface area contributed by atoms with Crippen molar-refractivity contribution in [3.63, 3.8) is 0 Å². The standard InChI is InChI=1S/C17H18N2O3S2/c1-11-5-6-12(2)16-15(11)19(3)17(23-16)18-24(20,21)14-9-7-13(22-4)8-10-14/h5-10H,1-4H3/b18-17-. The van der Waals surface area contributed by atoms with Crippen LogP contribution in [-0.2, 0) is 17.1 Å². The Labute approximate surface area is 144 Å². The second kappa shape index (κ2) is 6.07. The van der Waals surface area contributed by atoms with Gasteiger partial charge in [-0.05, 0) is 49.2 Å². The molecule has 5 nitrogen and oxygen atoms in total. The molecule has 1 heterocycles. The van der Waals surface area contributed by atoms with Gasteiger partial charge in [0.1, 0.15) is 5.75 Å². The number of hydrogen-bond donors (Lipinski definition) is 0. The summed E-state index contributed by atoms with van der Waals surface area (Å²) in [4.78, 5) is 0.604. The van der Waals surface area contributed by atoms with E-state index in [0.29, 0.717) is 10.6 Å². The van der Waals surface area contributed by atoms with Gasteiger partial charge in [-0.15, -0.1) is 4.40 Å². The third kappa shape index (κ3) is 2.85. The molecule has 126 valence electrons. The fourth-order valence-corrected chi connectivity index (χ4v) is 4.95. The van der Waals surface area contributed by atoms with Crippen LogP contribution >= 0.6 is 11.3 Å². The summed E-state index contributed by atoms with van der Waals surface area (Å²) in [6.45, 7) is 4.02. The Bertz CT molecular complexity index is 1080. The number of thiazole rings is 1. The van der Waals surface area contributed by atoms with Gasteiger partial charge in [0.05, 0.1) is 22.2 Å². The fourth-order valence-electron chi connectivity index (χ4n) is 2.55. The van der Waals surface area contributed by atoms with E-state index in [1.165, 1.54) is 30.6 Å². The smallest absolute Gasteiger partial charge is 0.285 e. The van der Waals surface area contributed by atoms with E-state index in [-0.39, 0.29) is 4.90 Å². The maximum absolute atomic E-state index is 12.6. The van der Waals surface area contributed by atoms with Crippen molar-refractivity contribution >= 4 is 31.6 Å². The van der Waals surface area contributed by atoms with Gasteiger partial charge < -0.3 is 9.30 Å². The third-order valence-electron chi connectivity index (χ3n) is 3.90.